The Morgan fingerprint density at radius 1 is 1.21 bits per heavy atom. The van der Waals surface area contributed by atoms with Crippen molar-refractivity contribution >= 4 is 33.9 Å². The zero-order chi connectivity index (χ0) is 23.7. The predicted molar refractivity (Wildman–Crippen MR) is 130 cm³/mol. The fraction of sp³-hybridized carbons (Fsp3) is 0.261. The first-order valence-corrected chi connectivity index (χ1v) is 11.8. The molecule has 0 saturated carbocycles. The average Bonchev–Trinajstić information content (AvgIpc) is 3.60. The number of hydrogen-bond acceptors (Lipinski definition) is 6. The van der Waals surface area contributed by atoms with Crippen LogP contribution >= 0.6 is 11.3 Å². The van der Waals surface area contributed by atoms with E-state index in [0.29, 0.717) is 28.7 Å². The smallest absolute Gasteiger partial charge is 0.186 e. The van der Waals surface area contributed by atoms with Gasteiger partial charge in [0.25, 0.3) is 0 Å². The summed E-state index contributed by atoms with van der Waals surface area (Å²) in [6, 6.07) is 4.54. The molecule has 176 valence electrons. The molecule has 0 atom stereocenters. The van der Waals surface area contributed by atoms with E-state index >= 15 is 0 Å². The lowest BCUT2D eigenvalue weighted by Crippen LogP contribution is -2.46. The highest BCUT2D eigenvalue weighted by Crippen LogP contribution is 2.22. The van der Waals surface area contributed by atoms with Crippen LogP contribution in [-0.2, 0) is 6.54 Å². The number of amidine groups is 1. The van der Waals surface area contributed by atoms with Crippen LogP contribution in [0.3, 0.4) is 0 Å². The molecule has 1 aliphatic rings. The Hall–Kier alpha value is -3.57. The third-order valence-electron chi connectivity index (χ3n) is 5.83. The third kappa shape index (κ3) is 4.57. The van der Waals surface area contributed by atoms with E-state index < -0.39 is 11.6 Å². The first kappa shape index (κ1) is 22.2. The molecule has 0 amide bonds. The normalized spacial score (nSPS) is 15.3. The number of aromatic amines is 2. The van der Waals surface area contributed by atoms with Crippen LogP contribution in [0.25, 0.3) is 28.0 Å². The van der Waals surface area contributed by atoms with Crippen LogP contribution in [0, 0.1) is 17.0 Å². The summed E-state index contributed by atoms with van der Waals surface area (Å²) in [6.45, 7) is 3.54. The van der Waals surface area contributed by atoms with Crippen LogP contribution in [0.5, 0.6) is 0 Å². The van der Waals surface area contributed by atoms with E-state index in [1.807, 2.05) is 21.7 Å². The molecule has 0 spiro atoms. The molecule has 5 rings (SSSR count). The summed E-state index contributed by atoms with van der Waals surface area (Å²) in [4.78, 5) is 19.3. The molecule has 0 aliphatic carbocycles. The summed E-state index contributed by atoms with van der Waals surface area (Å²) in [5.74, 6) is -0.508. The number of likely N-dealkylation sites (N-methyl/N-ethyl adjacent to an activating group) is 1. The van der Waals surface area contributed by atoms with Gasteiger partial charge in [-0.3, -0.25) is 5.41 Å². The summed E-state index contributed by atoms with van der Waals surface area (Å²) in [5, 5.41) is 15.9. The molecule has 11 heteroatoms. The second-order valence-electron chi connectivity index (χ2n) is 8.19. The van der Waals surface area contributed by atoms with Gasteiger partial charge in [-0.2, -0.15) is 11.3 Å². The Balaban J connectivity index is 1.41. The second-order valence-corrected chi connectivity index (χ2v) is 8.97. The maximum Gasteiger partial charge on any atom is 0.186 e. The van der Waals surface area contributed by atoms with Crippen LogP contribution in [0.1, 0.15) is 11.6 Å². The largest absolute Gasteiger partial charge is 0.375 e. The highest BCUT2D eigenvalue weighted by atomic mass is 32.1. The van der Waals surface area contributed by atoms with Crippen molar-refractivity contribution in [1.82, 2.24) is 35.1 Å². The fourth-order valence-corrected chi connectivity index (χ4v) is 4.49. The van der Waals surface area contributed by atoms with Gasteiger partial charge in [0, 0.05) is 43.2 Å². The number of fused-ring (bicyclic) bond motifs is 1. The number of benzene rings is 1. The van der Waals surface area contributed by atoms with Crippen LogP contribution in [0.2, 0.25) is 0 Å². The maximum absolute atomic E-state index is 14.1. The molecule has 0 unspecified atom stereocenters. The van der Waals surface area contributed by atoms with Gasteiger partial charge in [0.15, 0.2) is 17.5 Å². The average molecular weight is 483 g/mol. The number of nitrogens with one attached hydrogen (secondary N) is 4. The van der Waals surface area contributed by atoms with Gasteiger partial charge in [0.2, 0.25) is 0 Å². The summed E-state index contributed by atoms with van der Waals surface area (Å²) in [7, 11) is 2.07. The molecular formula is C23H24F2N8S. The monoisotopic (exact) mass is 482 g/mol. The number of aromatic nitrogens is 4. The maximum atomic E-state index is 14.1. The molecule has 4 aromatic rings. The number of thiophene rings is 1. The highest BCUT2D eigenvalue weighted by Gasteiger charge is 2.18. The van der Waals surface area contributed by atoms with Crippen molar-refractivity contribution in [2.45, 2.75) is 6.54 Å². The Bertz CT molecular complexity index is 1330. The van der Waals surface area contributed by atoms with E-state index in [9.17, 15) is 8.78 Å². The Morgan fingerprint density at radius 2 is 2.03 bits per heavy atom. The van der Waals surface area contributed by atoms with Crippen LogP contribution in [-0.4, -0.2) is 68.8 Å². The first-order valence-electron chi connectivity index (χ1n) is 10.9. The Labute approximate surface area is 198 Å². The van der Waals surface area contributed by atoms with Crippen LogP contribution < -0.4 is 5.32 Å². The SMILES string of the molecule is CN1CCN(C(=N)/C=C(/NCc2nc3c(F)c(F)ccc3[nH]2)c2ncc(-c3ccsc3)[nH]2)CC1. The van der Waals surface area contributed by atoms with Gasteiger partial charge >= 0.3 is 0 Å². The number of imidazole rings is 2. The molecule has 1 saturated heterocycles. The van der Waals surface area contributed by atoms with Crippen LogP contribution in [0.15, 0.2) is 41.2 Å². The lowest BCUT2D eigenvalue weighted by atomic mass is 10.2. The van der Waals surface area contributed by atoms with Crippen molar-refractivity contribution < 1.29 is 8.78 Å². The van der Waals surface area contributed by atoms with Gasteiger partial charge < -0.3 is 25.1 Å². The summed E-state index contributed by atoms with van der Waals surface area (Å²) < 4.78 is 27.6. The number of rotatable bonds is 6. The van der Waals surface area contributed by atoms with Crippen molar-refractivity contribution in [2.24, 2.45) is 0 Å². The molecule has 0 bridgehead atoms. The number of hydrogen-bond donors (Lipinski definition) is 4. The van der Waals surface area contributed by atoms with Crippen molar-refractivity contribution in [3.05, 3.63) is 64.5 Å². The van der Waals surface area contributed by atoms with Gasteiger partial charge in [-0.1, -0.05) is 0 Å². The fourth-order valence-electron chi connectivity index (χ4n) is 3.83. The topological polar surface area (TPSA) is 99.7 Å². The standard InChI is InChI=1S/C23H24F2N8S/c1-32-5-7-33(8-6-32)19(26)10-17(23-28-11-18(30-23)14-4-9-34-13-14)27-12-20-29-16-3-2-15(24)21(25)22(16)31-20/h2-4,9-11,13,26-27H,5-8,12H2,1H3,(H,28,30)(H,29,31)/b17-10+,26-19?. The van der Waals surface area contributed by atoms with E-state index in [1.165, 1.54) is 6.07 Å². The van der Waals surface area contributed by atoms with Crippen molar-refractivity contribution in [3.8, 4) is 11.3 Å². The Morgan fingerprint density at radius 3 is 2.79 bits per heavy atom. The van der Waals surface area contributed by atoms with Crippen molar-refractivity contribution in [3.63, 3.8) is 0 Å². The number of H-pyrrole nitrogens is 2. The minimum atomic E-state index is -0.973. The minimum absolute atomic E-state index is 0.0368. The van der Waals surface area contributed by atoms with E-state index in [4.69, 9.17) is 5.41 Å². The zero-order valence-electron chi connectivity index (χ0n) is 18.5. The molecular weight excluding hydrogens is 458 g/mol. The summed E-state index contributed by atoms with van der Waals surface area (Å²) in [5.41, 5.74) is 2.90. The first-order chi connectivity index (χ1) is 16.5. The number of halogens is 2. The quantitative estimate of drug-likeness (QED) is 0.248. The van der Waals surface area contributed by atoms with Crippen molar-refractivity contribution in [1.29, 1.82) is 5.41 Å². The number of nitrogens with zero attached hydrogens (tertiary/aromatic N) is 4. The van der Waals surface area contributed by atoms with Crippen molar-refractivity contribution in [2.75, 3.05) is 33.2 Å². The van der Waals surface area contributed by atoms with Gasteiger partial charge in [-0.25, -0.2) is 18.7 Å². The Kier molecular flexibility index (Phi) is 6.12. The molecule has 8 nitrogen and oxygen atoms in total. The summed E-state index contributed by atoms with van der Waals surface area (Å²) in [6.07, 6.45) is 3.50. The van der Waals surface area contributed by atoms with E-state index in [1.54, 1.807) is 23.6 Å². The van der Waals surface area contributed by atoms with E-state index in [-0.39, 0.29) is 12.1 Å². The van der Waals surface area contributed by atoms with Gasteiger partial charge in [-0.15, -0.1) is 0 Å². The van der Waals surface area contributed by atoms with E-state index in [2.05, 4.69) is 37.2 Å². The lowest BCUT2D eigenvalue weighted by molar-refractivity contribution is 0.215. The van der Waals surface area contributed by atoms with Gasteiger partial charge in [0.05, 0.1) is 29.6 Å². The zero-order valence-corrected chi connectivity index (χ0v) is 19.3. The molecule has 34 heavy (non-hydrogen) atoms. The van der Waals surface area contributed by atoms with E-state index in [0.717, 1.165) is 43.5 Å². The van der Waals surface area contributed by atoms with Crippen LogP contribution in [0.4, 0.5) is 8.78 Å². The molecule has 4 N–H and O–H groups in total. The molecule has 1 aromatic carbocycles. The predicted octanol–water partition coefficient (Wildman–Crippen LogP) is 3.65. The molecule has 3 aromatic heterocycles. The number of piperazine rings is 1. The molecule has 1 aliphatic heterocycles. The summed E-state index contributed by atoms with van der Waals surface area (Å²) >= 11 is 1.60. The highest BCUT2D eigenvalue weighted by molar-refractivity contribution is 7.08. The molecule has 4 heterocycles. The molecule has 0 radical (unpaired) electrons. The second kappa shape index (κ2) is 9.35. The third-order valence-corrected chi connectivity index (χ3v) is 6.51. The molecule has 1 fully saturated rings. The van der Waals surface area contributed by atoms with Gasteiger partial charge in [0.1, 0.15) is 17.2 Å². The lowest BCUT2D eigenvalue weighted by Gasteiger charge is -2.33. The van der Waals surface area contributed by atoms with Gasteiger partial charge in [-0.05, 0) is 30.6 Å². The minimum Gasteiger partial charge on any atom is -0.375 e.